The highest BCUT2D eigenvalue weighted by molar-refractivity contribution is 7.90. The Hall–Kier alpha value is -3.13. The number of sulfone groups is 1. The van der Waals surface area contributed by atoms with Crippen LogP contribution in [-0.2, 0) is 30.6 Å². The molecule has 2 aliphatic rings. The molecular formula is C21H21NO6S. The molecule has 0 aromatic heterocycles. The average Bonchev–Trinajstić information content (AvgIpc) is 2.71. The van der Waals surface area contributed by atoms with E-state index in [1.54, 1.807) is 24.4 Å². The summed E-state index contributed by atoms with van der Waals surface area (Å²) in [4.78, 5) is 25.5. The molecular weight excluding hydrogens is 394 g/mol. The monoisotopic (exact) mass is 415 g/mol. The van der Waals surface area contributed by atoms with Crippen LogP contribution in [-0.4, -0.2) is 43.0 Å². The smallest absolute Gasteiger partial charge is 0.293 e. The summed E-state index contributed by atoms with van der Waals surface area (Å²) in [5.74, 6) is -0.634. The minimum Gasteiger partial charge on any atom is -0.494 e. The van der Waals surface area contributed by atoms with E-state index >= 15 is 0 Å². The Bertz CT molecular complexity index is 1030. The Kier molecular flexibility index (Phi) is 6.03. The Balaban J connectivity index is 1.72. The van der Waals surface area contributed by atoms with E-state index in [9.17, 15) is 23.1 Å². The molecule has 29 heavy (non-hydrogen) atoms. The molecule has 1 aromatic carbocycles. The zero-order valence-electron chi connectivity index (χ0n) is 15.8. The van der Waals surface area contributed by atoms with Gasteiger partial charge in [0.05, 0.1) is 10.5 Å². The van der Waals surface area contributed by atoms with E-state index in [0.29, 0.717) is 6.42 Å². The number of nitrogens with zero attached hydrogens (tertiary/aromatic N) is 1. The van der Waals surface area contributed by atoms with Crippen LogP contribution in [0.2, 0.25) is 0 Å². The highest BCUT2D eigenvalue weighted by Gasteiger charge is 2.30. The fourth-order valence-electron chi connectivity index (χ4n) is 3.19. The lowest BCUT2D eigenvalue weighted by atomic mass is 9.95. The molecule has 0 radical (unpaired) electrons. The van der Waals surface area contributed by atoms with E-state index in [4.69, 9.17) is 4.74 Å². The van der Waals surface area contributed by atoms with Crippen molar-refractivity contribution in [3.05, 3.63) is 77.5 Å². The number of aliphatic hydroxyl groups excluding tert-OH is 1. The first-order valence-electron chi connectivity index (χ1n) is 9.00. The fourth-order valence-corrected chi connectivity index (χ4v) is 3.82. The van der Waals surface area contributed by atoms with Crippen molar-refractivity contribution in [1.29, 1.82) is 0 Å². The summed E-state index contributed by atoms with van der Waals surface area (Å²) in [6, 6.07) is 6.33. The molecule has 7 nitrogen and oxygen atoms in total. The second-order valence-electron chi connectivity index (χ2n) is 6.75. The summed E-state index contributed by atoms with van der Waals surface area (Å²) in [6.45, 7) is 0.223. The van der Waals surface area contributed by atoms with Crippen molar-refractivity contribution in [2.45, 2.75) is 30.3 Å². The quantitative estimate of drug-likeness (QED) is 0.651. The van der Waals surface area contributed by atoms with Gasteiger partial charge in [-0.05, 0) is 42.7 Å². The molecule has 1 atom stereocenters. The maximum Gasteiger partial charge on any atom is 0.293 e. The van der Waals surface area contributed by atoms with Crippen LogP contribution in [0.25, 0.3) is 0 Å². The summed E-state index contributed by atoms with van der Waals surface area (Å²) in [6.07, 6.45) is 9.77. The number of Topliss-reactive ketones (excluding diaryl/α,β-unsaturated/α-hetero) is 1. The molecule has 2 aliphatic heterocycles. The van der Waals surface area contributed by atoms with Crippen LogP contribution in [0.4, 0.5) is 0 Å². The van der Waals surface area contributed by atoms with Gasteiger partial charge in [-0.3, -0.25) is 14.5 Å². The molecule has 0 amide bonds. The summed E-state index contributed by atoms with van der Waals surface area (Å²) < 4.78 is 28.1. The topological polar surface area (TPSA) is 101 Å². The van der Waals surface area contributed by atoms with Crippen LogP contribution in [0.15, 0.2) is 76.8 Å². The molecule has 152 valence electrons. The molecule has 0 saturated carbocycles. The number of hydrogen-bond donors (Lipinski definition) is 1. The van der Waals surface area contributed by atoms with Crippen molar-refractivity contribution in [1.82, 2.24) is 4.90 Å². The third-order valence-corrected chi connectivity index (χ3v) is 5.89. The van der Waals surface area contributed by atoms with Gasteiger partial charge in [-0.1, -0.05) is 24.3 Å². The van der Waals surface area contributed by atoms with E-state index in [1.807, 2.05) is 18.2 Å². The number of hydrogen-bond acceptors (Lipinski definition) is 7. The third kappa shape index (κ3) is 4.65. The summed E-state index contributed by atoms with van der Waals surface area (Å²) in [5.41, 5.74) is 1.74. The van der Waals surface area contributed by atoms with Gasteiger partial charge < -0.3 is 9.84 Å². The van der Waals surface area contributed by atoms with Crippen molar-refractivity contribution in [2.75, 3.05) is 6.26 Å². The van der Waals surface area contributed by atoms with Gasteiger partial charge in [0, 0.05) is 24.6 Å². The number of ketones is 1. The van der Waals surface area contributed by atoms with E-state index in [-0.39, 0.29) is 35.7 Å². The number of ether oxygens (including phenoxy) is 1. The van der Waals surface area contributed by atoms with Crippen LogP contribution < -0.4 is 0 Å². The third-order valence-electron chi connectivity index (χ3n) is 4.76. The molecule has 0 aliphatic carbocycles. The number of fused-ring (bicyclic) bond motifs is 1. The lowest BCUT2D eigenvalue weighted by molar-refractivity contribution is -0.142. The number of carbonyl (C=O) groups excluding carboxylic acids is 2. The molecule has 0 spiro atoms. The van der Waals surface area contributed by atoms with Gasteiger partial charge in [-0.2, -0.15) is 0 Å². The number of rotatable bonds is 8. The first-order chi connectivity index (χ1) is 13.8. The van der Waals surface area contributed by atoms with Gasteiger partial charge in [0.2, 0.25) is 11.7 Å². The van der Waals surface area contributed by atoms with Crippen molar-refractivity contribution in [3.63, 3.8) is 0 Å². The second-order valence-corrected chi connectivity index (χ2v) is 8.76. The second kappa shape index (κ2) is 8.48. The maximum absolute atomic E-state index is 12.9. The van der Waals surface area contributed by atoms with E-state index in [1.165, 1.54) is 17.0 Å². The number of aryl methyl sites for hydroxylation is 1. The number of allylic oxidation sites excluding steroid dienone is 4. The van der Waals surface area contributed by atoms with Gasteiger partial charge in [0.25, 0.3) is 6.47 Å². The minimum atomic E-state index is -3.28. The van der Waals surface area contributed by atoms with Crippen LogP contribution in [0.1, 0.15) is 18.4 Å². The van der Waals surface area contributed by atoms with E-state index in [0.717, 1.165) is 17.5 Å². The number of aliphatic hydroxyl groups is 1. The van der Waals surface area contributed by atoms with Crippen molar-refractivity contribution in [2.24, 2.45) is 0 Å². The molecule has 1 unspecified atom stereocenters. The fraction of sp³-hybridized carbons (Fsp3) is 0.238. The molecule has 2 heterocycles. The van der Waals surface area contributed by atoms with Gasteiger partial charge in [-0.15, -0.1) is 0 Å². The Morgan fingerprint density at radius 1 is 1.28 bits per heavy atom. The maximum atomic E-state index is 12.9. The van der Waals surface area contributed by atoms with E-state index < -0.39 is 21.7 Å². The van der Waals surface area contributed by atoms with Crippen LogP contribution in [0.5, 0.6) is 0 Å². The molecule has 0 saturated heterocycles. The van der Waals surface area contributed by atoms with Crippen molar-refractivity contribution in [3.8, 4) is 0 Å². The summed E-state index contributed by atoms with van der Waals surface area (Å²) >= 11 is 0. The number of carbonyl (C=O) groups is 2. The summed E-state index contributed by atoms with van der Waals surface area (Å²) in [5, 5.41) is 10.5. The van der Waals surface area contributed by atoms with Crippen LogP contribution in [0.3, 0.4) is 0 Å². The lowest BCUT2D eigenvalue weighted by Crippen LogP contribution is -2.31. The SMILES string of the molecule is CS(=O)(=O)c1ccc(CCC(OC=O)C(=O)C2=C(O)N3C=CC=CC3=CC2)cc1. The Labute approximate surface area is 169 Å². The molecule has 3 rings (SSSR count). The van der Waals surface area contributed by atoms with Gasteiger partial charge >= 0.3 is 0 Å². The Morgan fingerprint density at radius 3 is 2.66 bits per heavy atom. The molecule has 1 aromatic rings. The normalized spacial score (nSPS) is 16.9. The van der Waals surface area contributed by atoms with Gasteiger partial charge in [0.15, 0.2) is 15.9 Å². The zero-order chi connectivity index (χ0) is 21.0. The largest absolute Gasteiger partial charge is 0.494 e. The van der Waals surface area contributed by atoms with Crippen molar-refractivity contribution < 1.29 is 27.9 Å². The van der Waals surface area contributed by atoms with Gasteiger partial charge in [-0.25, -0.2) is 8.42 Å². The Morgan fingerprint density at radius 2 is 2.00 bits per heavy atom. The zero-order valence-corrected chi connectivity index (χ0v) is 16.6. The highest BCUT2D eigenvalue weighted by Crippen LogP contribution is 2.29. The molecule has 0 bridgehead atoms. The minimum absolute atomic E-state index is 0.174. The first kappa shape index (κ1) is 20.6. The van der Waals surface area contributed by atoms with Crippen LogP contribution in [0, 0.1) is 0 Å². The molecule has 8 heteroatoms. The van der Waals surface area contributed by atoms with E-state index in [2.05, 4.69) is 0 Å². The van der Waals surface area contributed by atoms with Crippen molar-refractivity contribution >= 4 is 22.1 Å². The predicted octanol–water partition coefficient (Wildman–Crippen LogP) is 2.58. The number of benzene rings is 1. The highest BCUT2D eigenvalue weighted by atomic mass is 32.2. The lowest BCUT2D eigenvalue weighted by Gasteiger charge is -2.28. The predicted molar refractivity (Wildman–Crippen MR) is 106 cm³/mol. The van der Waals surface area contributed by atoms with Gasteiger partial charge in [0.1, 0.15) is 0 Å². The first-order valence-corrected chi connectivity index (χ1v) is 10.9. The molecule has 0 fully saturated rings. The van der Waals surface area contributed by atoms with Crippen LogP contribution >= 0.6 is 0 Å². The average molecular weight is 415 g/mol. The molecule has 1 N–H and O–H groups in total. The summed E-state index contributed by atoms with van der Waals surface area (Å²) in [7, 11) is -3.28. The standard InChI is InChI=1S/C21H21NO6S/c1-29(26,27)17-9-5-15(6-10-17)7-12-19(28-14-23)20(24)18-11-8-16-4-2-3-13-22(16)21(18)25/h2-6,8-10,13-14,19,25H,7,11-12H2,1H3.